The zero-order chi connectivity index (χ0) is 13.9. The maximum absolute atomic E-state index is 10.3. The van der Waals surface area contributed by atoms with E-state index in [0.717, 1.165) is 26.0 Å². The third-order valence-electron chi connectivity index (χ3n) is 3.50. The first-order chi connectivity index (χ1) is 8.70. The highest BCUT2D eigenvalue weighted by Gasteiger charge is 2.31. The van der Waals surface area contributed by atoms with Crippen molar-refractivity contribution in [2.75, 3.05) is 19.6 Å². The predicted molar refractivity (Wildman–Crippen MR) is 78.5 cm³/mol. The van der Waals surface area contributed by atoms with E-state index in [4.69, 9.17) is 0 Å². The topological polar surface area (TPSA) is 41.1 Å². The Morgan fingerprint density at radius 2 is 2.17 bits per heavy atom. The van der Waals surface area contributed by atoms with E-state index >= 15 is 0 Å². The largest absolute Gasteiger partial charge is 0.358 e. The monoisotopic (exact) mass is 254 g/mol. The molecule has 0 spiro atoms. The van der Waals surface area contributed by atoms with Crippen molar-refractivity contribution in [2.24, 2.45) is 11.3 Å². The van der Waals surface area contributed by atoms with Crippen LogP contribution in [0.4, 0.5) is 0 Å². The molecular formula is C15H30N2O. The van der Waals surface area contributed by atoms with Crippen LogP contribution in [-0.4, -0.2) is 26.0 Å². The van der Waals surface area contributed by atoms with E-state index in [1.807, 2.05) is 19.9 Å². The Labute approximate surface area is 112 Å². The normalized spacial score (nSPS) is 26.7. The van der Waals surface area contributed by atoms with Gasteiger partial charge in [0, 0.05) is 19.6 Å². The average molecular weight is 254 g/mol. The summed E-state index contributed by atoms with van der Waals surface area (Å²) in [4.78, 5) is 10.3. The van der Waals surface area contributed by atoms with Crippen molar-refractivity contribution in [3.05, 3.63) is 12.7 Å². The van der Waals surface area contributed by atoms with E-state index in [-0.39, 0.29) is 0 Å². The maximum Gasteiger partial charge on any atom is 0.207 e. The van der Waals surface area contributed by atoms with Crippen molar-refractivity contribution < 1.29 is 4.79 Å². The molecule has 0 aliphatic heterocycles. The fraction of sp³-hybridized carbons (Fsp3) is 0.800. The molecule has 1 amide bonds. The molecule has 0 unspecified atom stereocenters. The summed E-state index contributed by atoms with van der Waals surface area (Å²) in [5, 5.41) is 6.22. The van der Waals surface area contributed by atoms with Gasteiger partial charge in [0.05, 0.1) is 0 Å². The highest BCUT2D eigenvalue weighted by molar-refractivity contribution is 5.45. The minimum absolute atomic E-state index is 0.385. The number of hydrogen-bond acceptors (Lipinski definition) is 2. The first-order valence-corrected chi connectivity index (χ1v) is 7.19. The van der Waals surface area contributed by atoms with Gasteiger partial charge in [-0.2, -0.15) is 0 Å². The molecule has 0 bridgehead atoms. The third-order valence-corrected chi connectivity index (χ3v) is 3.50. The number of carbonyl (C=O) groups is 1. The zero-order valence-corrected chi connectivity index (χ0v) is 12.3. The molecule has 3 nitrogen and oxygen atoms in total. The molecule has 2 N–H and O–H groups in total. The van der Waals surface area contributed by atoms with Crippen molar-refractivity contribution >= 4 is 6.41 Å². The maximum atomic E-state index is 10.3. The second-order valence-electron chi connectivity index (χ2n) is 5.22. The second kappa shape index (κ2) is 10.1. The highest BCUT2D eigenvalue weighted by atomic mass is 16.1. The Bertz CT molecular complexity index is 231. The van der Waals surface area contributed by atoms with E-state index < -0.39 is 0 Å². The van der Waals surface area contributed by atoms with Crippen molar-refractivity contribution in [1.82, 2.24) is 10.6 Å². The Morgan fingerprint density at radius 3 is 2.78 bits per heavy atom. The van der Waals surface area contributed by atoms with Gasteiger partial charge in [-0.25, -0.2) is 0 Å². The number of carbonyl (C=O) groups excluding carboxylic acids is 1. The van der Waals surface area contributed by atoms with Crippen molar-refractivity contribution in [2.45, 2.75) is 46.5 Å². The summed E-state index contributed by atoms with van der Waals surface area (Å²) in [6.07, 6.45) is 7.72. The van der Waals surface area contributed by atoms with Gasteiger partial charge < -0.3 is 10.6 Å². The summed E-state index contributed by atoms with van der Waals surface area (Å²) >= 11 is 0. The van der Waals surface area contributed by atoms with Gasteiger partial charge in [-0.1, -0.05) is 33.3 Å². The van der Waals surface area contributed by atoms with Crippen LogP contribution in [0.25, 0.3) is 0 Å². The molecule has 0 aromatic rings. The van der Waals surface area contributed by atoms with Gasteiger partial charge in [0.25, 0.3) is 0 Å². The van der Waals surface area contributed by atoms with Crippen LogP contribution >= 0.6 is 0 Å². The number of rotatable bonds is 7. The SMILES string of the molecule is C=CCNC[C@@]1(C)CCC[C@@H](CNC=O)C1.CC. The average Bonchev–Trinajstić information content (AvgIpc) is 2.39. The molecule has 1 rings (SSSR count). The van der Waals surface area contributed by atoms with Gasteiger partial charge in [0.1, 0.15) is 0 Å². The molecule has 18 heavy (non-hydrogen) atoms. The molecule has 3 heteroatoms. The van der Waals surface area contributed by atoms with Crippen LogP contribution in [0.2, 0.25) is 0 Å². The van der Waals surface area contributed by atoms with Gasteiger partial charge in [0.15, 0.2) is 0 Å². The Balaban J connectivity index is 0.00000137. The smallest absolute Gasteiger partial charge is 0.207 e. The molecule has 1 fully saturated rings. The molecule has 0 radical (unpaired) electrons. The van der Waals surface area contributed by atoms with Crippen LogP contribution in [0.15, 0.2) is 12.7 Å². The summed E-state index contributed by atoms with van der Waals surface area (Å²) in [6.45, 7) is 12.8. The molecule has 0 heterocycles. The van der Waals surface area contributed by atoms with E-state index in [1.165, 1.54) is 25.7 Å². The van der Waals surface area contributed by atoms with E-state index in [0.29, 0.717) is 11.3 Å². The van der Waals surface area contributed by atoms with Crippen molar-refractivity contribution in [1.29, 1.82) is 0 Å². The van der Waals surface area contributed by atoms with Crippen LogP contribution in [0, 0.1) is 11.3 Å². The van der Waals surface area contributed by atoms with Crippen LogP contribution in [0.1, 0.15) is 46.5 Å². The van der Waals surface area contributed by atoms with E-state index in [1.54, 1.807) is 0 Å². The van der Waals surface area contributed by atoms with Crippen molar-refractivity contribution in [3.8, 4) is 0 Å². The lowest BCUT2D eigenvalue weighted by Gasteiger charge is -2.38. The minimum atomic E-state index is 0.385. The quantitative estimate of drug-likeness (QED) is 0.417. The standard InChI is InChI=1S/C13H24N2O.C2H6/c1-3-7-14-10-13(2)6-4-5-12(8-13)9-15-11-16;1-2/h3,11-12,14H,1,4-10H2,2H3,(H,15,16);1-2H3/t12-,13+;/m1./s1. The lowest BCUT2D eigenvalue weighted by atomic mass is 9.71. The molecule has 0 aromatic carbocycles. The van der Waals surface area contributed by atoms with E-state index in [9.17, 15) is 4.79 Å². The third kappa shape index (κ3) is 6.80. The molecule has 106 valence electrons. The lowest BCUT2D eigenvalue weighted by Crippen LogP contribution is -2.38. The van der Waals surface area contributed by atoms with Crippen LogP contribution in [-0.2, 0) is 4.79 Å². The lowest BCUT2D eigenvalue weighted by molar-refractivity contribution is -0.109. The Hall–Kier alpha value is -0.830. The van der Waals surface area contributed by atoms with Crippen LogP contribution in [0.3, 0.4) is 0 Å². The molecule has 0 saturated heterocycles. The van der Waals surface area contributed by atoms with Gasteiger partial charge in [-0.05, 0) is 30.6 Å². The number of amides is 1. The minimum Gasteiger partial charge on any atom is -0.358 e. The summed E-state index contributed by atoms with van der Waals surface area (Å²) in [5.74, 6) is 0.648. The second-order valence-corrected chi connectivity index (χ2v) is 5.22. The number of nitrogens with one attached hydrogen (secondary N) is 2. The van der Waals surface area contributed by atoms with Gasteiger partial charge in [0.2, 0.25) is 6.41 Å². The van der Waals surface area contributed by atoms with Gasteiger partial charge in [-0.15, -0.1) is 6.58 Å². The molecule has 1 saturated carbocycles. The molecule has 2 atom stereocenters. The molecule has 1 aliphatic rings. The Morgan fingerprint density at radius 1 is 1.44 bits per heavy atom. The van der Waals surface area contributed by atoms with Crippen LogP contribution < -0.4 is 10.6 Å². The fourth-order valence-electron chi connectivity index (χ4n) is 2.74. The Kier molecular flexibility index (Phi) is 9.66. The predicted octanol–water partition coefficient (Wildman–Crippen LogP) is 2.73. The first kappa shape index (κ1) is 17.2. The summed E-state index contributed by atoms with van der Waals surface area (Å²) in [7, 11) is 0. The van der Waals surface area contributed by atoms with E-state index in [2.05, 4.69) is 24.1 Å². The van der Waals surface area contributed by atoms with Crippen LogP contribution in [0.5, 0.6) is 0 Å². The molecule has 1 aliphatic carbocycles. The summed E-state index contributed by atoms with van der Waals surface area (Å²) < 4.78 is 0. The first-order valence-electron chi connectivity index (χ1n) is 7.19. The van der Waals surface area contributed by atoms with Gasteiger partial charge >= 0.3 is 0 Å². The summed E-state index contributed by atoms with van der Waals surface area (Å²) in [6, 6.07) is 0. The zero-order valence-electron chi connectivity index (χ0n) is 12.3. The molecule has 0 aromatic heterocycles. The highest BCUT2D eigenvalue weighted by Crippen LogP contribution is 2.38. The number of hydrogen-bond donors (Lipinski definition) is 2. The van der Waals surface area contributed by atoms with Gasteiger partial charge in [-0.3, -0.25) is 4.79 Å². The fourth-order valence-corrected chi connectivity index (χ4v) is 2.74. The molecular weight excluding hydrogens is 224 g/mol. The van der Waals surface area contributed by atoms with Crippen molar-refractivity contribution in [3.63, 3.8) is 0 Å². The summed E-state index contributed by atoms with van der Waals surface area (Å²) in [5.41, 5.74) is 0.385.